The molecule has 136 valence electrons. The molecule has 3 aromatic rings. The number of benzene rings is 2. The maximum Gasteiger partial charge on any atom is 0.346 e. The lowest BCUT2D eigenvalue weighted by Crippen LogP contribution is -2.22. The second-order valence-corrected chi connectivity index (χ2v) is 8.23. The zero-order valence-electron chi connectivity index (χ0n) is 14.6. The van der Waals surface area contributed by atoms with E-state index in [1.54, 1.807) is 11.8 Å². The van der Waals surface area contributed by atoms with Crippen molar-refractivity contribution < 1.29 is 14.7 Å². The van der Waals surface area contributed by atoms with Gasteiger partial charge in [-0.25, -0.2) is 4.79 Å². The molecular formula is C21H17NO3S2. The summed E-state index contributed by atoms with van der Waals surface area (Å²) in [5, 5.41) is 12.7. The highest BCUT2D eigenvalue weighted by Gasteiger charge is 2.34. The predicted octanol–water partition coefficient (Wildman–Crippen LogP) is 5.31. The summed E-state index contributed by atoms with van der Waals surface area (Å²) < 4.78 is 0. The van der Waals surface area contributed by atoms with E-state index in [0.29, 0.717) is 17.7 Å². The molecule has 0 saturated heterocycles. The molecule has 1 atom stereocenters. The summed E-state index contributed by atoms with van der Waals surface area (Å²) in [5.41, 5.74) is 3.06. The zero-order valence-corrected chi connectivity index (χ0v) is 16.2. The van der Waals surface area contributed by atoms with Gasteiger partial charge in [0.1, 0.15) is 4.88 Å². The first-order valence-electron chi connectivity index (χ1n) is 8.47. The predicted molar refractivity (Wildman–Crippen MR) is 110 cm³/mol. The third-order valence-electron chi connectivity index (χ3n) is 4.68. The Bertz CT molecular complexity index is 1010. The van der Waals surface area contributed by atoms with Crippen molar-refractivity contribution in [3.05, 3.63) is 69.9 Å². The molecule has 1 aliphatic rings. The SMILES string of the molecule is CSc1ccc([C@H]2CC(=O)Nc3c2sc(C(=O)O)c3-c2ccccc2)cc1. The lowest BCUT2D eigenvalue weighted by Gasteiger charge is -2.24. The number of rotatable bonds is 4. The van der Waals surface area contributed by atoms with E-state index in [0.717, 1.165) is 20.9 Å². The number of thioether (sulfide) groups is 1. The van der Waals surface area contributed by atoms with Gasteiger partial charge in [0.15, 0.2) is 0 Å². The monoisotopic (exact) mass is 395 g/mol. The Hall–Kier alpha value is -2.57. The molecular weight excluding hydrogens is 378 g/mol. The van der Waals surface area contributed by atoms with Crippen LogP contribution in [0.25, 0.3) is 11.1 Å². The minimum atomic E-state index is -0.973. The second kappa shape index (κ2) is 7.21. The smallest absolute Gasteiger partial charge is 0.346 e. The maximum atomic E-state index is 12.4. The summed E-state index contributed by atoms with van der Waals surface area (Å²) in [5.74, 6) is -1.20. The highest BCUT2D eigenvalue weighted by atomic mass is 32.2. The van der Waals surface area contributed by atoms with Gasteiger partial charge in [-0.1, -0.05) is 42.5 Å². The standard InChI is InChI=1S/C21H17NO3S2/c1-26-14-9-7-12(8-10-14)15-11-16(23)22-18-17(13-5-3-2-4-6-13)20(21(24)25)27-19(15)18/h2-10,15H,11H2,1H3,(H,22,23)(H,24,25)/t15-/m1/s1. The number of anilines is 1. The fourth-order valence-electron chi connectivity index (χ4n) is 3.42. The number of carbonyl (C=O) groups is 2. The van der Waals surface area contributed by atoms with Crippen LogP contribution >= 0.6 is 23.1 Å². The molecule has 2 aromatic carbocycles. The van der Waals surface area contributed by atoms with Crippen LogP contribution in [0.15, 0.2) is 59.5 Å². The Morgan fingerprint density at radius 2 is 1.85 bits per heavy atom. The third kappa shape index (κ3) is 3.26. The minimum Gasteiger partial charge on any atom is -0.477 e. The molecule has 0 saturated carbocycles. The molecule has 0 radical (unpaired) electrons. The van der Waals surface area contributed by atoms with Crippen LogP contribution in [-0.4, -0.2) is 23.2 Å². The summed E-state index contributed by atoms with van der Waals surface area (Å²) in [6.45, 7) is 0. The van der Waals surface area contributed by atoms with Gasteiger partial charge in [-0.05, 0) is 29.5 Å². The molecule has 4 nitrogen and oxygen atoms in total. The average molecular weight is 396 g/mol. The number of fused-ring (bicyclic) bond motifs is 1. The van der Waals surface area contributed by atoms with Crippen molar-refractivity contribution in [3.63, 3.8) is 0 Å². The highest BCUT2D eigenvalue weighted by Crippen LogP contribution is 2.49. The molecule has 1 amide bonds. The van der Waals surface area contributed by atoms with Crippen LogP contribution in [0.4, 0.5) is 5.69 Å². The Labute approximate surface area is 165 Å². The number of carboxylic acid groups (broad SMARTS) is 1. The fourth-order valence-corrected chi connectivity index (χ4v) is 5.08. The first-order valence-corrected chi connectivity index (χ1v) is 10.5. The second-order valence-electron chi connectivity index (χ2n) is 6.29. The first kappa shape index (κ1) is 17.8. The van der Waals surface area contributed by atoms with Crippen LogP contribution in [0, 0.1) is 0 Å². The van der Waals surface area contributed by atoms with Crippen LogP contribution in [0.2, 0.25) is 0 Å². The molecule has 4 rings (SSSR count). The van der Waals surface area contributed by atoms with Crippen LogP contribution < -0.4 is 5.32 Å². The summed E-state index contributed by atoms with van der Waals surface area (Å²) in [6.07, 6.45) is 2.34. The Morgan fingerprint density at radius 3 is 2.48 bits per heavy atom. The van der Waals surface area contributed by atoms with Crippen LogP contribution in [0.1, 0.15) is 32.5 Å². The molecule has 0 spiro atoms. The summed E-state index contributed by atoms with van der Waals surface area (Å²) in [7, 11) is 0. The van der Waals surface area contributed by atoms with E-state index < -0.39 is 5.97 Å². The summed E-state index contributed by atoms with van der Waals surface area (Å²) >= 11 is 2.92. The number of aromatic carboxylic acids is 1. The number of thiophene rings is 1. The molecule has 0 bridgehead atoms. The number of amides is 1. The number of carboxylic acids is 1. The zero-order chi connectivity index (χ0) is 19.0. The molecule has 0 fully saturated rings. The van der Waals surface area contributed by atoms with Crippen LogP contribution in [-0.2, 0) is 4.79 Å². The molecule has 0 unspecified atom stereocenters. The van der Waals surface area contributed by atoms with Crippen molar-refractivity contribution in [2.75, 3.05) is 11.6 Å². The molecule has 2 heterocycles. The van der Waals surface area contributed by atoms with E-state index in [9.17, 15) is 14.7 Å². The molecule has 1 aliphatic heterocycles. The third-order valence-corrected chi connectivity index (χ3v) is 6.72. The quantitative estimate of drug-likeness (QED) is 0.588. The number of nitrogens with one attached hydrogen (secondary N) is 1. The number of hydrogen-bond donors (Lipinski definition) is 2. The van der Waals surface area contributed by atoms with Crippen LogP contribution in [0.5, 0.6) is 0 Å². The Morgan fingerprint density at radius 1 is 1.15 bits per heavy atom. The molecule has 6 heteroatoms. The van der Waals surface area contributed by atoms with Crippen molar-refractivity contribution in [2.24, 2.45) is 0 Å². The topological polar surface area (TPSA) is 66.4 Å². The normalized spacial score (nSPS) is 15.9. The van der Waals surface area contributed by atoms with Crippen molar-refractivity contribution in [2.45, 2.75) is 17.2 Å². The van der Waals surface area contributed by atoms with Gasteiger partial charge in [-0.2, -0.15) is 0 Å². The maximum absolute atomic E-state index is 12.4. The van der Waals surface area contributed by atoms with E-state index in [4.69, 9.17) is 0 Å². The van der Waals surface area contributed by atoms with E-state index in [1.165, 1.54) is 11.3 Å². The van der Waals surface area contributed by atoms with Gasteiger partial charge in [-0.15, -0.1) is 23.1 Å². The lowest BCUT2D eigenvalue weighted by atomic mass is 9.89. The molecule has 0 aliphatic carbocycles. The van der Waals surface area contributed by atoms with Gasteiger partial charge in [0.05, 0.1) is 5.69 Å². The number of carbonyl (C=O) groups excluding carboxylic acids is 1. The highest BCUT2D eigenvalue weighted by molar-refractivity contribution is 7.98. The van der Waals surface area contributed by atoms with E-state index in [-0.39, 0.29) is 16.7 Å². The van der Waals surface area contributed by atoms with Crippen LogP contribution in [0.3, 0.4) is 0 Å². The van der Waals surface area contributed by atoms with Crippen molar-refractivity contribution in [1.82, 2.24) is 0 Å². The van der Waals surface area contributed by atoms with Crippen molar-refractivity contribution >= 4 is 40.7 Å². The van der Waals surface area contributed by atoms with Gasteiger partial charge in [0.2, 0.25) is 5.91 Å². The van der Waals surface area contributed by atoms with E-state index in [2.05, 4.69) is 5.32 Å². The molecule has 1 aromatic heterocycles. The van der Waals surface area contributed by atoms with Crippen molar-refractivity contribution in [3.8, 4) is 11.1 Å². The summed E-state index contributed by atoms with van der Waals surface area (Å²) in [4.78, 5) is 26.7. The largest absolute Gasteiger partial charge is 0.477 e. The van der Waals surface area contributed by atoms with Gasteiger partial charge in [-0.3, -0.25) is 4.79 Å². The Balaban J connectivity index is 1.89. The Kier molecular flexibility index (Phi) is 4.76. The van der Waals surface area contributed by atoms with Gasteiger partial charge in [0.25, 0.3) is 0 Å². The summed E-state index contributed by atoms with van der Waals surface area (Å²) in [6, 6.07) is 17.5. The van der Waals surface area contributed by atoms with Gasteiger partial charge in [0, 0.05) is 27.7 Å². The number of hydrogen-bond acceptors (Lipinski definition) is 4. The average Bonchev–Trinajstić information content (AvgIpc) is 3.07. The first-order chi connectivity index (χ1) is 13.1. The van der Waals surface area contributed by atoms with Crippen molar-refractivity contribution in [1.29, 1.82) is 0 Å². The van der Waals surface area contributed by atoms with E-state index >= 15 is 0 Å². The van der Waals surface area contributed by atoms with Gasteiger partial charge < -0.3 is 10.4 Å². The van der Waals surface area contributed by atoms with Gasteiger partial charge >= 0.3 is 5.97 Å². The molecule has 2 N–H and O–H groups in total. The molecule has 27 heavy (non-hydrogen) atoms. The lowest BCUT2D eigenvalue weighted by molar-refractivity contribution is -0.116. The minimum absolute atomic E-state index is 0.0895. The van der Waals surface area contributed by atoms with E-state index in [1.807, 2.05) is 60.9 Å². The fraction of sp³-hybridized carbons (Fsp3) is 0.143.